The summed E-state index contributed by atoms with van der Waals surface area (Å²) < 4.78 is 0. The zero-order valence-corrected chi connectivity index (χ0v) is 14.2. The van der Waals surface area contributed by atoms with Crippen LogP contribution in [0.1, 0.15) is 33.3 Å². The standard InChI is InChI=1S/C20H20N2O3/c1-12-6-7-18-16(8-12)17(9-13(2)22-18)20(25)21-11-19(24)14-4-3-5-15(23)10-14/h3-10,19,23-24H,11H2,1-2H3,(H,21,25)/t19-/m1/s1. The quantitative estimate of drug-likeness (QED) is 0.684. The molecule has 128 valence electrons. The van der Waals surface area contributed by atoms with Crippen molar-refractivity contribution in [1.29, 1.82) is 0 Å². The Kier molecular flexibility index (Phi) is 4.67. The number of aliphatic hydroxyl groups excluding tert-OH is 1. The van der Waals surface area contributed by atoms with Gasteiger partial charge in [0, 0.05) is 17.6 Å². The molecule has 25 heavy (non-hydrogen) atoms. The van der Waals surface area contributed by atoms with E-state index in [0.29, 0.717) is 11.1 Å². The molecule has 0 saturated carbocycles. The van der Waals surface area contributed by atoms with E-state index in [1.165, 1.54) is 12.1 Å². The third-order valence-corrected chi connectivity index (χ3v) is 4.05. The Morgan fingerprint density at radius 2 is 1.96 bits per heavy atom. The number of nitrogens with zero attached hydrogens (tertiary/aromatic N) is 1. The number of pyridine rings is 1. The second-order valence-corrected chi connectivity index (χ2v) is 6.15. The number of phenolic OH excluding ortho intramolecular Hbond substituents is 1. The van der Waals surface area contributed by atoms with Crippen molar-refractivity contribution in [3.63, 3.8) is 0 Å². The van der Waals surface area contributed by atoms with E-state index < -0.39 is 6.10 Å². The molecule has 0 radical (unpaired) electrons. The third kappa shape index (κ3) is 3.78. The van der Waals surface area contributed by atoms with Gasteiger partial charge in [-0.05, 0) is 49.7 Å². The van der Waals surface area contributed by atoms with E-state index in [2.05, 4.69) is 10.3 Å². The van der Waals surface area contributed by atoms with Gasteiger partial charge in [0.05, 0.1) is 17.2 Å². The van der Waals surface area contributed by atoms with E-state index in [9.17, 15) is 15.0 Å². The van der Waals surface area contributed by atoms with Crippen molar-refractivity contribution >= 4 is 16.8 Å². The molecule has 0 saturated heterocycles. The average molecular weight is 336 g/mol. The first kappa shape index (κ1) is 16.9. The number of aliphatic hydroxyl groups is 1. The van der Waals surface area contributed by atoms with Crippen LogP contribution in [-0.2, 0) is 0 Å². The Morgan fingerprint density at radius 3 is 2.72 bits per heavy atom. The van der Waals surface area contributed by atoms with Crippen LogP contribution in [0.15, 0.2) is 48.5 Å². The molecule has 5 nitrogen and oxygen atoms in total. The van der Waals surface area contributed by atoms with Crippen LogP contribution in [0.3, 0.4) is 0 Å². The Bertz CT molecular complexity index is 937. The highest BCUT2D eigenvalue weighted by atomic mass is 16.3. The number of carbonyl (C=O) groups is 1. The molecule has 1 amide bonds. The van der Waals surface area contributed by atoms with Crippen molar-refractivity contribution in [3.8, 4) is 5.75 Å². The molecule has 0 aliphatic carbocycles. The van der Waals surface area contributed by atoms with E-state index in [4.69, 9.17) is 0 Å². The minimum absolute atomic E-state index is 0.0525. The summed E-state index contributed by atoms with van der Waals surface area (Å²) in [6.07, 6.45) is -0.896. The van der Waals surface area contributed by atoms with Crippen molar-refractivity contribution in [2.75, 3.05) is 6.54 Å². The number of hydrogen-bond acceptors (Lipinski definition) is 4. The van der Waals surface area contributed by atoms with Crippen LogP contribution < -0.4 is 5.32 Å². The van der Waals surface area contributed by atoms with Gasteiger partial charge < -0.3 is 15.5 Å². The smallest absolute Gasteiger partial charge is 0.252 e. The lowest BCUT2D eigenvalue weighted by molar-refractivity contribution is 0.0918. The summed E-state index contributed by atoms with van der Waals surface area (Å²) in [5, 5.41) is 23.2. The summed E-state index contributed by atoms with van der Waals surface area (Å²) in [6, 6.07) is 13.9. The van der Waals surface area contributed by atoms with Gasteiger partial charge >= 0.3 is 0 Å². The van der Waals surface area contributed by atoms with Gasteiger partial charge in [0.15, 0.2) is 0 Å². The van der Waals surface area contributed by atoms with Crippen molar-refractivity contribution in [1.82, 2.24) is 10.3 Å². The summed E-state index contributed by atoms with van der Waals surface area (Å²) in [5.41, 5.74) is 3.66. The lowest BCUT2D eigenvalue weighted by Crippen LogP contribution is -2.28. The summed E-state index contributed by atoms with van der Waals surface area (Å²) in [6.45, 7) is 3.86. The van der Waals surface area contributed by atoms with Gasteiger partial charge in [-0.3, -0.25) is 9.78 Å². The zero-order valence-electron chi connectivity index (χ0n) is 14.2. The number of carbonyl (C=O) groups excluding carboxylic acids is 1. The Hall–Kier alpha value is -2.92. The van der Waals surface area contributed by atoms with Crippen LogP contribution in [0.4, 0.5) is 0 Å². The van der Waals surface area contributed by atoms with Crippen LogP contribution in [0.5, 0.6) is 5.75 Å². The van der Waals surface area contributed by atoms with Crippen LogP contribution >= 0.6 is 0 Å². The predicted octanol–water partition coefficient (Wildman–Crippen LogP) is 3.02. The normalized spacial score (nSPS) is 12.1. The fourth-order valence-electron chi connectivity index (χ4n) is 2.79. The monoisotopic (exact) mass is 336 g/mol. The number of benzene rings is 2. The molecule has 0 spiro atoms. The molecule has 0 unspecified atom stereocenters. The molecule has 0 bridgehead atoms. The topological polar surface area (TPSA) is 82.5 Å². The van der Waals surface area contributed by atoms with E-state index in [0.717, 1.165) is 22.2 Å². The average Bonchev–Trinajstić information content (AvgIpc) is 2.59. The first-order chi connectivity index (χ1) is 11.9. The maximum Gasteiger partial charge on any atom is 0.252 e. The molecule has 3 aromatic rings. The number of amides is 1. The summed E-state index contributed by atoms with van der Waals surface area (Å²) >= 11 is 0. The second kappa shape index (κ2) is 6.91. The Labute approximate surface area is 146 Å². The molecule has 5 heteroatoms. The largest absolute Gasteiger partial charge is 0.508 e. The molecule has 3 rings (SSSR count). The van der Waals surface area contributed by atoms with Crippen molar-refractivity contribution < 1.29 is 15.0 Å². The van der Waals surface area contributed by atoms with Crippen LogP contribution in [0.2, 0.25) is 0 Å². The highest BCUT2D eigenvalue weighted by Crippen LogP contribution is 2.21. The van der Waals surface area contributed by atoms with E-state index >= 15 is 0 Å². The Morgan fingerprint density at radius 1 is 1.16 bits per heavy atom. The Balaban J connectivity index is 1.82. The fraction of sp³-hybridized carbons (Fsp3) is 0.200. The van der Waals surface area contributed by atoms with Gasteiger partial charge in [-0.2, -0.15) is 0 Å². The van der Waals surface area contributed by atoms with Crippen molar-refractivity contribution in [2.45, 2.75) is 20.0 Å². The number of fused-ring (bicyclic) bond motifs is 1. The molecule has 1 heterocycles. The molecule has 0 fully saturated rings. The van der Waals surface area contributed by atoms with Gasteiger partial charge in [-0.25, -0.2) is 0 Å². The number of aryl methyl sites for hydroxylation is 2. The van der Waals surface area contributed by atoms with E-state index in [1.54, 1.807) is 18.2 Å². The highest BCUT2D eigenvalue weighted by molar-refractivity contribution is 6.06. The fourth-order valence-corrected chi connectivity index (χ4v) is 2.79. The number of nitrogens with one attached hydrogen (secondary N) is 1. The van der Waals surface area contributed by atoms with Gasteiger partial charge in [0.25, 0.3) is 5.91 Å². The van der Waals surface area contributed by atoms with Gasteiger partial charge in [-0.15, -0.1) is 0 Å². The summed E-state index contributed by atoms with van der Waals surface area (Å²) in [4.78, 5) is 17.1. The van der Waals surface area contributed by atoms with Crippen LogP contribution in [0.25, 0.3) is 10.9 Å². The van der Waals surface area contributed by atoms with E-state index in [-0.39, 0.29) is 18.2 Å². The lowest BCUT2D eigenvalue weighted by Gasteiger charge is -2.14. The number of hydrogen-bond donors (Lipinski definition) is 3. The first-order valence-corrected chi connectivity index (χ1v) is 8.07. The second-order valence-electron chi connectivity index (χ2n) is 6.15. The highest BCUT2D eigenvalue weighted by Gasteiger charge is 2.15. The first-order valence-electron chi connectivity index (χ1n) is 8.07. The van der Waals surface area contributed by atoms with E-state index in [1.807, 2.05) is 32.0 Å². The van der Waals surface area contributed by atoms with Gasteiger partial charge in [-0.1, -0.05) is 23.8 Å². The predicted molar refractivity (Wildman–Crippen MR) is 96.6 cm³/mol. The number of aromatic hydroxyl groups is 1. The zero-order chi connectivity index (χ0) is 18.0. The molecular weight excluding hydrogens is 316 g/mol. The maximum atomic E-state index is 12.6. The van der Waals surface area contributed by atoms with Crippen LogP contribution in [-0.4, -0.2) is 27.6 Å². The maximum absolute atomic E-state index is 12.6. The summed E-state index contributed by atoms with van der Waals surface area (Å²) in [5.74, 6) is -0.186. The van der Waals surface area contributed by atoms with Crippen molar-refractivity contribution in [3.05, 3.63) is 70.9 Å². The minimum Gasteiger partial charge on any atom is -0.508 e. The third-order valence-electron chi connectivity index (χ3n) is 4.05. The molecule has 1 atom stereocenters. The lowest BCUT2D eigenvalue weighted by atomic mass is 10.0. The molecule has 0 aliphatic rings. The number of rotatable bonds is 4. The molecule has 1 aromatic heterocycles. The SMILES string of the molecule is Cc1ccc2nc(C)cc(C(=O)NC[C@@H](O)c3cccc(O)c3)c2c1. The molecule has 0 aliphatic heterocycles. The van der Waals surface area contributed by atoms with Gasteiger partial charge in [0.1, 0.15) is 5.75 Å². The number of aromatic nitrogens is 1. The minimum atomic E-state index is -0.896. The van der Waals surface area contributed by atoms with Crippen LogP contribution in [0, 0.1) is 13.8 Å². The molecule has 3 N–H and O–H groups in total. The summed E-state index contributed by atoms with van der Waals surface area (Å²) in [7, 11) is 0. The molecular formula is C20H20N2O3. The van der Waals surface area contributed by atoms with Crippen molar-refractivity contribution in [2.24, 2.45) is 0 Å². The molecule has 2 aromatic carbocycles. The number of phenols is 1. The van der Waals surface area contributed by atoms with Gasteiger partial charge in [0.2, 0.25) is 0 Å².